The fourth-order valence-corrected chi connectivity index (χ4v) is 5.18. The molecule has 170 valence electrons. The first-order valence-corrected chi connectivity index (χ1v) is 11.6. The van der Waals surface area contributed by atoms with Gasteiger partial charge in [0.1, 0.15) is 5.75 Å². The number of nitrogens with zero attached hydrogens (tertiary/aromatic N) is 1. The molecular weight excluding hydrogens is 426 g/mol. The van der Waals surface area contributed by atoms with Gasteiger partial charge in [-0.25, -0.2) is 0 Å². The van der Waals surface area contributed by atoms with Gasteiger partial charge in [-0.15, -0.1) is 0 Å². The topological polar surface area (TPSA) is 70.7 Å². The highest BCUT2D eigenvalue weighted by atomic mass is 35.5. The van der Waals surface area contributed by atoms with Gasteiger partial charge in [0.25, 0.3) is 0 Å². The zero-order valence-electron chi connectivity index (χ0n) is 18.4. The molecular formula is C25H30ClN3O3. The van der Waals surface area contributed by atoms with Gasteiger partial charge in [-0.1, -0.05) is 36.2 Å². The summed E-state index contributed by atoms with van der Waals surface area (Å²) in [5.74, 6) is 0.746. The Kier molecular flexibility index (Phi) is 7.33. The smallest absolute Gasteiger partial charge is 0.238 e. The Morgan fingerprint density at radius 3 is 2.41 bits per heavy atom. The minimum Gasteiger partial charge on any atom is -0.496 e. The summed E-state index contributed by atoms with van der Waals surface area (Å²) in [4.78, 5) is 27.7. The van der Waals surface area contributed by atoms with Crippen molar-refractivity contribution in [1.29, 1.82) is 0 Å². The Bertz CT molecular complexity index is 936. The molecule has 2 bridgehead atoms. The summed E-state index contributed by atoms with van der Waals surface area (Å²) in [6, 6.07) is 15.6. The summed E-state index contributed by atoms with van der Waals surface area (Å²) in [6.45, 7) is 0.375. The van der Waals surface area contributed by atoms with Gasteiger partial charge in [0.15, 0.2) is 0 Å². The first-order chi connectivity index (χ1) is 15.5. The first-order valence-electron chi connectivity index (χ1n) is 11.2. The number of methoxy groups -OCH3 is 1. The van der Waals surface area contributed by atoms with E-state index in [9.17, 15) is 9.59 Å². The lowest BCUT2D eigenvalue weighted by molar-refractivity contribution is -0.124. The van der Waals surface area contributed by atoms with Crippen molar-refractivity contribution in [3.63, 3.8) is 0 Å². The number of hydrogen-bond acceptors (Lipinski definition) is 4. The van der Waals surface area contributed by atoms with Crippen molar-refractivity contribution in [3.8, 4) is 5.75 Å². The maximum absolute atomic E-state index is 12.7. The van der Waals surface area contributed by atoms with E-state index < -0.39 is 0 Å². The molecule has 0 aromatic heterocycles. The van der Waals surface area contributed by atoms with E-state index in [1.165, 1.54) is 6.42 Å². The summed E-state index contributed by atoms with van der Waals surface area (Å²) in [7, 11) is 1.62. The summed E-state index contributed by atoms with van der Waals surface area (Å²) in [6.07, 6.45) is 5.35. The first kappa shape index (κ1) is 22.6. The molecule has 0 saturated carbocycles. The number of para-hydroxylation sites is 1. The molecule has 32 heavy (non-hydrogen) atoms. The molecule has 2 heterocycles. The van der Waals surface area contributed by atoms with E-state index in [1.807, 2.05) is 36.4 Å². The number of ether oxygens (including phenoxy) is 1. The van der Waals surface area contributed by atoms with Crippen LogP contribution < -0.4 is 15.4 Å². The second-order valence-corrected chi connectivity index (χ2v) is 9.13. The van der Waals surface area contributed by atoms with Crippen LogP contribution in [0.3, 0.4) is 0 Å². The van der Waals surface area contributed by atoms with Crippen LogP contribution in [0.25, 0.3) is 0 Å². The molecule has 2 atom stereocenters. The number of nitrogens with one attached hydrogen (secondary N) is 2. The highest BCUT2D eigenvalue weighted by Gasteiger charge is 2.39. The van der Waals surface area contributed by atoms with Gasteiger partial charge in [0.05, 0.1) is 20.1 Å². The summed E-state index contributed by atoms with van der Waals surface area (Å²) >= 11 is 5.92. The summed E-state index contributed by atoms with van der Waals surface area (Å²) in [5, 5.41) is 6.84. The lowest BCUT2D eigenvalue weighted by atomic mass is 9.81. The molecule has 0 aliphatic carbocycles. The molecule has 2 aliphatic rings. The van der Waals surface area contributed by atoms with Crippen LogP contribution in [0.15, 0.2) is 48.5 Å². The zero-order valence-corrected chi connectivity index (χ0v) is 19.1. The van der Waals surface area contributed by atoms with E-state index in [4.69, 9.17) is 16.3 Å². The number of rotatable bonds is 7. The molecule has 4 rings (SSSR count). The monoisotopic (exact) mass is 455 g/mol. The normalized spacial score (nSPS) is 22.8. The summed E-state index contributed by atoms with van der Waals surface area (Å²) in [5.41, 5.74) is 1.65. The molecule has 2 amide bonds. The van der Waals surface area contributed by atoms with Crippen LogP contribution in [0, 0.1) is 0 Å². The van der Waals surface area contributed by atoms with Crippen molar-refractivity contribution < 1.29 is 14.3 Å². The Morgan fingerprint density at radius 2 is 1.72 bits per heavy atom. The zero-order chi connectivity index (χ0) is 22.5. The number of carbonyl (C=O) groups is 2. The average Bonchev–Trinajstić information content (AvgIpc) is 2.76. The van der Waals surface area contributed by atoms with E-state index >= 15 is 0 Å². The summed E-state index contributed by atoms with van der Waals surface area (Å²) < 4.78 is 5.37. The van der Waals surface area contributed by atoms with Crippen LogP contribution in [0.2, 0.25) is 5.02 Å². The average molecular weight is 456 g/mol. The van der Waals surface area contributed by atoms with Gasteiger partial charge in [-0.05, 0) is 56.0 Å². The molecule has 2 aliphatic heterocycles. The number of hydrogen-bond donors (Lipinski definition) is 2. The van der Waals surface area contributed by atoms with Gasteiger partial charge in [0, 0.05) is 34.4 Å². The molecule has 6 nitrogen and oxygen atoms in total. The fraction of sp³-hybridized carbons (Fsp3) is 0.440. The molecule has 2 aromatic carbocycles. The van der Waals surface area contributed by atoms with Crippen molar-refractivity contribution in [3.05, 3.63) is 59.1 Å². The van der Waals surface area contributed by atoms with Crippen LogP contribution in [-0.4, -0.2) is 48.5 Å². The van der Waals surface area contributed by atoms with Crippen molar-refractivity contribution in [1.82, 2.24) is 10.2 Å². The van der Waals surface area contributed by atoms with E-state index in [2.05, 4.69) is 15.5 Å². The largest absolute Gasteiger partial charge is 0.496 e. The number of carbonyl (C=O) groups excluding carboxylic acids is 2. The lowest BCUT2D eigenvalue weighted by Gasteiger charge is -2.48. The second-order valence-electron chi connectivity index (χ2n) is 8.69. The molecule has 7 heteroatoms. The third-order valence-corrected chi connectivity index (χ3v) is 6.74. The lowest BCUT2D eigenvalue weighted by Crippen LogP contribution is -2.58. The number of piperidine rings is 2. The van der Waals surface area contributed by atoms with Crippen molar-refractivity contribution in [2.75, 3.05) is 19.0 Å². The molecule has 2 N–H and O–H groups in total. The predicted molar refractivity (Wildman–Crippen MR) is 126 cm³/mol. The standard InChI is InChI=1S/C25H30ClN3O3/c1-32-23-8-3-2-5-17(23)13-24(30)28-20-14-21-6-4-7-22(15-20)29(21)16-25(31)27-19-11-9-18(26)10-12-19/h2-3,5,8-12,20-22H,4,6-7,13-16H2,1H3,(H,27,31)(H,28,30). The molecule has 2 aromatic rings. The van der Waals surface area contributed by atoms with Crippen LogP contribution in [0.5, 0.6) is 5.75 Å². The SMILES string of the molecule is COc1ccccc1CC(=O)NC1CC2CCCC(C1)N2CC(=O)Nc1ccc(Cl)cc1. The maximum atomic E-state index is 12.7. The molecule has 0 radical (unpaired) electrons. The molecule has 2 saturated heterocycles. The Hall–Kier alpha value is -2.57. The minimum atomic E-state index is -0.0112. The Labute approximate surface area is 194 Å². The Morgan fingerprint density at radius 1 is 1.03 bits per heavy atom. The van der Waals surface area contributed by atoms with E-state index in [0.717, 1.165) is 42.7 Å². The number of halogens is 1. The molecule has 0 spiro atoms. The van der Waals surface area contributed by atoms with Gasteiger partial charge < -0.3 is 15.4 Å². The fourth-order valence-electron chi connectivity index (χ4n) is 5.05. The highest BCUT2D eigenvalue weighted by Crippen LogP contribution is 2.34. The van der Waals surface area contributed by atoms with Crippen LogP contribution >= 0.6 is 11.6 Å². The maximum Gasteiger partial charge on any atom is 0.238 e. The minimum absolute atomic E-state index is 0.0112. The third kappa shape index (κ3) is 5.61. The van der Waals surface area contributed by atoms with Gasteiger partial charge in [0.2, 0.25) is 11.8 Å². The number of benzene rings is 2. The Balaban J connectivity index is 1.32. The third-order valence-electron chi connectivity index (χ3n) is 6.49. The highest BCUT2D eigenvalue weighted by molar-refractivity contribution is 6.30. The van der Waals surface area contributed by atoms with E-state index in [-0.39, 0.29) is 17.9 Å². The predicted octanol–water partition coefficient (Wildman–Crippen LogP) is 4.03. The van der Waals surface area contributed by atoms with Crippen LogP contribution in [0.4, 0.5) is 5.69 Å². The van der Waals surface area contributed by atoms with E-state index in [0.29, 0.717) is 30.1 Å². The number of amides is 2. The van der Waals surface area contributed by atoms with Crippen LogP contribution in [0.1, 0.15) is 37.7 Å². The van der Waals surface area contributed by atoms with Gasteiger partial charge in [-0.3, -0.25) is 14.5 Å². The van der Waals surface area contributed by atoms with Gasteiger partial charge in [-0.2, -0.15) is 0 Å². The molecule has 2 fully saturated rings. The quantitative estimate of drug-likeness (QED) is 0.661. The van der Waals surface area contributed by atoms with Crippen molar-refractivity contribution in [2.45, 2.75) is 56.7 Å². The number of anilines is 1. The van der Waals surface area contributed by atoms with Crippen molar-refractivity contribution in [2.24, 2.45) is 0 Å². The van der Waals surface area contributed by atoms with Crippen LogP contribution in [-0.2, 0) is 16.0 Å². The van der Waals surface area contributed by atoms with Gasteiger partial charge >= 0.3 is 0 Å². The second kappa shape index (κ2) is 10.4. The molecule has 2 unspecified atom stereocenters. The van der Waals surface area contributed by atoms with E-state index in [1.54, 1.807) is 19.2 Å². The number of fused-ring (bicyclic) bond motifs is 2. The van der Waals surface area contributed by atoms with Crippen molar-refractivity contribution >= 4 is 29.1 Å².